The van der Waals surface area contributed by atoms with Crippen molar-refractivity contribution < 1.29 is 57.1 Å². The van der Waals surface area contributed by atoms with Crippen molar-refractivity contribution in [2.24, 2.45) is 40.7 Å². The molecule has 4 amide bonds. The molecule has 16 heteroatoms. The number of nitrogens with zero attached hydrogens (tertiary/aromatic N) is 1. The topological polar surface area (TPSA) is 203 Å². The first kappa shape index (κ1) is 50.8. The van der Waals surface area contributed by atoms with E-state index in [0.29, 0.717) is 44.0 Å². The summed E-state index contributed by atoms with van der Waals surface area (Å²) in [5.41, 5.74) is 4.85. The fraction of sp³-hybridized carbons (Fsp3) is 0.744. The number of carbonyl (C=O) groups excluding carboxylic acids is 5. The van der Waals surface area contributed by atoms with E-state index in [1.807, 2.05) is 32.0 Å². The Morgan fingerprint density at radius 1 is 0.898 bits per heavy atom. The van der Waals surface area contributed by atoms with Crippen LogP contribution >= 0.6 is 0 Å². The van der Waals surface area contributed by atoms with E-state index in [-0.39, 0.29) is 49.3 Å². The van der Waals surface area contributed by atoms with Gasteiger partial charge in [0.05, 0.1) is 31.3 Å². The van der Waals surface area contributed by atoms with E-state index >= 15 is 0 Å². The van der Waals surface area contributed by atoms with Gasteiger partial charge in [-0.25, -0.2) is 14.4 Å². The van der Waals surface area contributed by atoms with Gasteiger partial charge < -0.3 is 49.5 Å². The molecule has 0 aliphatic carbocycles. The third-order valence-corrected chi connectivity index (χ3v) is 10.4. The zero-order valence-electron chi connectivity index (χ0n) is 37.6. The van der Waals surface area contributed by atoms with Gasteiger partial charge in [0.15, 0.2) is 11.5 Å². The van der Waals surface area contributed by atoms with Crippen LogP contribution in [0.5, 0.6) is 11.5 Å². The standard InChI is InChI=1S/C43H72N4O12/c1-26(2)30(19-29-15-16-33(54-13)35(20-29)55-18-14-17-53-12)21-32-34(22-31(27(3)4)37(48)45-23-43(10,11)39(44)50)56-24-47(32)41(52)58-25-57-38(49)36(28(5)6)46-40(51)59-42(7,8)9/h15-16,20,26-28,30-32,34,36H,14,17-19,21-25H2,1-13H3,(H2,44,50)(H,45,48)(H,46,51)/t30-,31-,32-,34-,36-/m0/s1. The van der Waals surface area contributed by atoms with Gasteiger partial charge in [0.2, 0.25) is 18.6 Å². The molecular weight excluding hydrogens is 764 g/mol. The number of alkyl carbamates (subject to hydrolysis) is 1. The minimum atomic E-state index is -1.05. The molecule has 0 spiro atoms. The lowest BCUT2D eigenvalue weighted by Crippen LogP contribution is -2.48. The van der Waals surface area contributed by atoms with E-state index < -0.39 is 66.0 Å². The molecule has 336 valence electrons. The number of rotatable bonds is 23. The number of benzene rings is 1. The number of amides is 4. The zero-order chi connectivity index (χ0) is 44.7. The van der Waals surface area contributed by atoms with Gasteiger partial charge in [-0.2, -0.15) is 0 Å². The van der Waals surface area contributed by atoms with Crippen LogP contribution in [0.3, 0.4) is 0 Å². The average Bonchev–Trinajstić information content (AvgIpc) is 3.54. The molecule has 0 bridgehead atoms. The molecule has 0 saturated carbocycles. The highest BCUT2D eigenvalue weighted by molar-refractivity contribution is 5.83. The minimum absolute atomic E-state index is 0.0282. The molecule has 1 aliphatic heterocycles. The number of primary amides is 1. The molecule has 1 aromatic carbocycles. The molecule has 5 atom stereocenters. The first-order chi connectivity index (χ1) is 27.5. The van der Waals surface area contributed by atoms with Gasteiger partial charge in [-0.1, -0.05) is 47.6 Å². The number of nitrogens with one attached hydrogen (secondary N) is 2. The van der Waals surface area contributed by atoms with E-state index in [1.165, 1.54) is 4.90 Å². The Bertz CT molecular complexity index is 1530. The Morgan fingerprint density at radius 2 is 1.58 bits per heavy atom. The quantitative estimate of drug-likeness (QED) is 0.0679. The van der Waals surface area contributed by atoms with Crippen LogP contribution in [0, 0.1) is 35.0 Å². The summed E-state index contributed by atoms with van der Waals surface area (Å²) in [4.78, 5) is 66.3. The molecular formula is C43H72N4O12. The maximum Gasteiger partial charge on any atom is 0.414 e. The number of esters is 1. The van der Waals surface area contributed by atoms with Crippen molar-refractivity contribution in [3.05, 3.63) is 23.8 Å². The van der Waals surface area contributed by atoms with Crippen LogP contribution in [-0.2, 0) is 44.5 Å². The molecule has 1 heterocycles. The molecule has 1 fully saturated rings. The predicted octanol–water partition coefficient (Wildman–Crippen LogP) is 5.82. The molecule has 1 aliphatic rings. The highest BCUT2D eigenvalue weighted by atomic mass is 16.7. The van der Waals surface area contributed by atoms with Crippen molar-refractivity contribution in [1.82, 2.24) is 15.5 Å². The molecule has 16 nitrogen and oxygen atoms in total. The molecule has 0 aromatic heterocycles. The maximum atomic E-state index is 13.8. The predicted molar refractivity (Wildman–Crippen MR) is 221 cm³/mol. The lowest BCUT2D eigenvalue weighted by atomic mass is 9.80. The fourth-order valence-electron chi connectivity index (χ4n) is 6.53. The van der Waals surface area contributed by atoms with Crippen LogP contribution in [-0.4, -0.2) is 106 Å². The summed E-state index contributed by atoms with van der Waals surface area (Å²) in [5, 5.41) is 5.43. The minimum Gasteiger partial charge on any atom is -0.493 e. The SMILES string of the molecule is COCCCOc1cc(C[C@@H](C[C@H]2[C@H](C[C@H](C(=O)NCC(C)(C)C(N)=O)C(C)C)OCN2C(=O)OCOC(=O)[C@@H](NC(=O)OC(C)(C)C)C(C)C)C(C)C)ccc1OC. The van der Waals surface area contributed by atoms with Gasteiger partial charge in [-0.3, -0.25) is 14.5 Å². The number of hydrogen-bond acceptors (Lipinski definition) is 12. The normalized spacial score (nSPS) is 17.3. The van der Waals surface area contributed by atoms with Crippen molar-refractivity contribution in [3.63, 3.8) is 0 Å². The first-order valence-corrected chi connectivity index (χ1v) is 20.6. The second-order valence-corrected chi connectivity index (χ2v) is 17.9. The number of methoxy groups -OCH3 is 2. The third-order valence-electron chi connectivity index (χ3n) is 10.4. The second-order valence-electron chi connectivity index (χ2n) is 17.9. The van der Waals surface area contributed by atoms with Crippen molar-refractivity contribution in [2.45, 2.75) is 126 Å². The zero-order valence-corrected chi connectivity index (χ0v) is 37.6. The number of carbonyl (C=O) groups is 5. The molecule has 59 heavy (non-hydrogen) atoms. The number of ether oxygens (including phenoxy) is 7. The van der Waals surface area contributed by atoms with E-state index in [2.05, 4.69) is 24.5 Å². The van der Waals surface area contributed by atoms with Crippen LogP contribution in [0.1, 0.15) is 101 Å². The second kappa shape index (κ2) is 23.5. The summed E-state index contributed by atoms with van der Waals surface area (Å²) < 4.78 is 39.2. The van der Waals surface area contributed by atoms with Gasteiger partial charge in [0, 0.05) is 32.6 Å². The molecule has 4 N–H and O–H groups in total. The Balaban J connectivity index is 2.36. The third kappa shape index (κ3) is 16.7. The monoisotopic (exact) mass is 837 g/mol. The highest BCUT2D eigenvalue weighted by Crippen LogP contribution is 2.36. The van der Waals surface area contributed by atoms with Crippen molar-refractivity contribution >= 4 is 30.0 Å². The highest BCUT2D eigenvalue weighted by Gasteiger charge is 2.43. The summed E-state index contributed by atoms with van der Waals surface area (Å²) in [6.45, 7) is 20.3. The lowest BCUT2D eigenvalue weighted by Gasteiger charge is -2.33. The van der Waals surface area contributed by atoms with Crippen molar-refractivity contribution in [2.75, 3.05) is 47.5 Å². The number of hydrogen-bond donors (Lipinski definition) is 3. The van der Waals surface area contributed by atoms with Gasteiger partial charge in [-0.05, 0) is 95.2 Å². The van der Waals surface area contributed by atoms with Crippen LogP contribution in [0.2, 0.25) is 0 Å². The molecule has 1 aromatic rings. The van der Waals surface area contributed by atoms with Gasteiger partial charge in [0.25, 0.3) is 0 Å². The van der Waals surface area contributed by atoms with E-state index in [0.717, 1.165) is 5.56 Å². The molecule has 1 saturated heterocycles. The van der Waals surface area contributed by atoms with Gasteiger partial charge in [-0.15, -0.1) is 0 Å². The summed E-state index contributed by atoms with van der Waals surface area (Å²) in [6.07, 6.45) is 0.0149. The Labute approximate surface area is 351 Å². The van der Waals surface area contributed by atoms with E-state index in [1.54, 1.807) is 62.7 Å². The van der Waals surface area contributed by atoms with Crippen LogP contribution in [0.15, 0.2) is 18.2 Å². The molecule has 0 radical (unpaired) electrons. The van der Waals surface area contributed by atoms with Gasteiger partial charge >= 0.3 is 18.2 Å². The summed E-state index contributed by atoms with van der Waals surface area (Å²) in [7, 11) is 3.24. The molecule has 2 rings (SSSR count). The summed E-state index contributed by atoms with van der Waals surface area (Å²) in [6, 6.07) is 4.27. The Morgan fingerprint density at radius 3 is 2.14 bits per heavy atom. The first-order valence-electron chi connectivity index (χ1n) is 20.6. The van der Waals surface area contributed by atoms with Crippen LogP contribution < -0.4 is 25.8 Å². The van der Waals surface area contributed by atoms with Crippen LogP contribution in [0.4, 0.5) is 9.59 Å². The number of nitrogens with two attached hydrogens (primary N) is 1. The fourth-order valence-corrected chi connectivity index (χ4v) is 6.53. The Hall–Kier alpha value is -4.31. The smallest absolute Gasteiger partial charge is 0.414 e. The van der Waals surface area contributed by atoms with Gasteiger partial charge in [0.1, 0.15) is 18.4 Å². The summed E-state index contributed by atoms with van der Waals surface area (Å²) >= 11 is 0. The maximum absolute atomic E-state index is 13.8. The van der Waals surface area contributed by atoms with E-state index in [4.69, 9.17) is 38.9 Å². The molecule has 0 unspecified atom stereocenters. The van der Waals surface area contributed by atoms with Crippen LogP contribution in [0.25, 0.3) is 0 Å². The average molecular weight is 837 g/mol. The Kier molecular flexibility index (Phi) is 20.2. The lowest BCUT2D eigenvalue weighted by molar-refractivity contribution is -0.156. The van der Waals surface area contributed by atoms with E-state index in [9.17, 15) is 24.0 Å². The van der Waals surface area contributed by atoms with Crippen molar-refractivity contribution in [1.29, 1.82) is 0 Å². The summed E-state index contributed by atoms with van der Waals surface area (Å²) in [5.74, 6) is -1.13. The van der Waals surface area contributed by atoms with Crippen molar-refractivity contribution in [3.8, 4) is 11.5 Å². The largest absolute Gasteiger partial charge is 0.493 e.